The maximum Gasteiger partial charge on any atom is 0.328 e. The molecule has 0 spiro atoms. The molecule has 0 saturated heterocycles. The number of hydrogen-bond acceptors (Lipinski definition) is 2. The Hall–Kier alpha value is -0.560. The largest absolute Gasteiger partial charge is 0.495 e. The first-order chi connectivity index (χ1) is 7.04. The van der Waals surface area contributed by atoms with Crippen molar-refractivity contribution in [3.05, 3.63) is 31.8 Å². The van der Waals surface area contributed by atoms with Gasteiger partial charge in [0.2, 0.25) is 0 Å². The Morgan fingerprint density at radius 3 is 2.80 bits per heavy atom. The second-order valence-electron chi connectivity index (χ2n) is 2.68. The van der Waals surface area contributed by atoms with E-state index in [9.17, 15) is 4.79 Å². The number of methoxy groups -OCH3 is 1. The van der Waals surface area contributed by atoms with Gasteiger partial charge in [-0.05, 0) is 40.8 Å². The number of hydrogen-bond donors (Lipinski definition) is 1. The molecule has 1 N–H and O–H groups in total. The first-order valence-electron chi connectivity index (χ1n) is 3.98. The SMILES string of the molecule is COc1c(I)cc(Br)cc1C=CC(=O)O. The molecule has 0 fully saturated rings. The second-order valence-corrected chi connectivity index (χ2v) is 4.76. The summed E-state index contributed by atoms with van der Waals surface area (Å²) in [5.41, 5.74) is 0.735. The van der Waals surface area contributed by atoms with Crippen LogP contribution in [0.25, 0.3) is 6.08 Å². The number of carboxylic acid groups (broad SMARTS) is 1. The fraction of sp³-hybridized carbons (Fsp3) is 0.100. The first-order valence-corrected chi connectivity index (χ1v) is 5.86. The summed E-state index contributed by atoms with van der Waals surface area (Å²) in [4.78, 5) is 10.4. The zero-order valence-corrected chi connectivity index (χ0v) is 11.6. The molecule has 0 radical (unpaired) electrons. The molecule has 15 heavy (non-hydrogen) atoms. The van der Waals surface area contributed by atoms with Crippen LogP contribution in [0.2, 0.25) is 0 Å². The molecule has 0 aliphatic rings. The maximum absolute atomic E-state index is 10.4. The van der Waals surface area contributed by atoms with E-state index >= 15 is 0 Å². The first kappa shape index (κ1) is 12.5. The topological polar surface area (TPSA) is 46.5 Å². The van der Waals surface area contributed by atoms with Gasteiger partial charge in [0.15, 0.2) is 0 Å². The van der Waals surface area contributed by atoms with Gasteiger partial charge in [-0.3, -0.25) is 0 Å². The van der Waals surface area contributed by atoms with Crippen molar-refractivity contribution in [2.75, 3.05) is 7.11 Å². The Labute approximate surface area is 109 Å². The number of halogens is 2. The number of benzene rings is 1. The van der Waals surface area contributed by atoms with Crippen molar-refractivity contribution in [1.29, 1.82) is 0 Å². The third kappa shape index (κ3) is 3.49. The third-order valence-corrected chi connectivity index (χ3v) is 2.91. The molecule has 0 aliphatic heterocycles. The van der Waals surface area contributed by atoms with E-state index in [1.165, 1.54) is 6.08 Å². The summed E-state index contributed by atoms with van der Waals surface area (Å²) in [5.74, 6) is -0.302. The van der Waals surface area contributed by atoms with Crippen LogP contribution >= 0.6 is 38.5 Å². The van der Waals surface area contributed by atoms with Crippen LogP contribution in [0.4, 0.5) is 0 Å². The van der Waals surface area contributed by atoms with Crippen LogP contribution in [0.5, 0.6) is 5.75 Å². The molecule has 0 bridgehead atoms. The van der Waals surface area contributed by atoms with Crippen LogP contribution in [0.3, 0.4) is 0 Å². The molecule has 0 unspecified atom stereocenters. The molecule has 0 saturated carbocycles. The van der Waals surface area contributed by atoms with Crippen LogP contribution in [-0.2, 0) is 4.79 Å². The van der Waals surface area contributed by atoms with Crippen molar-refractivity contribution < 1.29 is 14.6 Å². The zero-order chi connectivity index (χ0) is 11.4. The van der Waals surface area contributed by atoms with Gasteiger partial charge in [-0.1, -0.05) is 15.9 Å². The van der Waals surface area contributed by atoms with Crippen LogP contribution in [0.1, 0.15) is 5.56 Å². The van der Waals surface area contributed by atoms with Gasteiger partial charge < -0.3 is 9.84 Å². The number of aliphatic carboxylic acids is 1. The quantitative estimate of drug-likeness (QED) is 0.645. The van der Waals surface area contributed by atoms with Gasteiger partial charge in [0, 0.05) is 16.1 Å². The number of carboxylic acids is 1. The smallest absolute Gasteiger partial charge is 0.328 e. The van der Waals surface area contributed by atoms with Gasteiger partial charge >= 0.3 is 5.97 Å². The van der Waals surface area contributed by atoms with E-state index in [0.717, 1.165) is 19.7 Å². The van der Waals surface area contributed by atoms with Crippen molar-refractivity contribution in [2.45, 2.75) is 0 Å². The van der Waals surface area contributed by atoms with E-state index in [1.54, 1.807) is 13.2 Å². The fourth-order valence-corrected chi connectivity index (χ4v) is 2.85. The molecule has 80 valence electrons. The molecular formula is C10H8BrIO3. The van der Waals surface area contributed by atoms with E-state index < -0.39 is 5.97 Å². The molecule has 0 aliphatic carbocycles. The molecule has 3 nitrogen and oxygen atoms in total. The predicted molar refractivity (Wildman–Crippen MR) is 70.1 cm³/mol. The van der Waals surface area contributed by atoms with Crippen molar-refractivity contribution in [2.24, 2.45) is 0 Å². The molecule has 1 aromatic rings. The monoisotopic (exact) mass is 382 g/mol. The summed E-state index contributed by atoms with van der Waals surface area (Å²) in [5, 5.41) is 8.54. The molecule has 0 amide bonds. The summed E-state index contributed by atoms with van der Waals surface area (Å²) < 4.78 is 7.00. The molecule has 0 atom stereocenters. The van der Waals surface area contributed by atoms with Gasteiger partial charge in [0.1, 0.15) is 5.75 Å². The van der Waals surface area contributed by atoms with Gasteiger partial charge in [-0.2, -0.15) is 0 Å². The molecule has 5 heteroatoms. The highest BCUT2D eigenvalue weighted by Crippen LogP contribution is 2.30. The van der Waals surface area contributed by atoms with E-state index in [4.69, 9.17) is 9.84 Å². The predicted octanol–water partition coefficient (Wildman–Crippen LogP) is 3.16. The average molecular weight is 383 g/mol. The normalized spacial score (nSPS) is 10.6. The highest BCUT2D eigenvalue weighted by atomic mass is 127. The summed E-state index contributed by atoms with van der Waals surface area (Å²) in [6.07, 6.45) is 2.59. The van der Waals surface area contributed by atoms with Crippen LogP contribution in [0.15, 0.2) is 22.7 Å². The minimum absolute atomic E-state index is 0.677. The minimum Gasteiger partial charge on any atom is -0.495 e. The minimum atomic E-state index is -0.980. The molecule has 1 rings (SSSR count). The lowest BCUT2D eigenvalue weighted by Gasteiger charge is -2.07. The molecule has 1 aromatic carbocycles. The van der Waals surface area contributed by atoms with Crippen molar-refractivity contribution >= 4 is 50.6 Å². The van der Waals surface area contributed by atoms with Crippen LogP contribution < -0.4 is 4.74 Å². The number of carbonyl (C=O) groups is 1. The summed E-state index contributed by atoms with van der Waals surface area (Å²) in [6, 6.07) is 3.71. The van der Waals surface area contributed by atoms with E-state index in [1.807, 2.05) is 6.07 Å². The molecule has 0 heterocycles. The Morgan fingerprint density at radius 1 is 1.60 bits per heavy atom. The Morgan fingerprint density at radius 2 is 2.27 bits per heavy atom. The Kier molecular flexibility index (Phi) is 4.59. The van der Waals surface area contributed by atoms with E-state index in [2.05, 4.69) is 38.5 Å². The van der Waals surface area contributed by atoms with E-state index in [-0.39, 0.29) is 0 Å². The lowest BCUT2D eigenvalue weighted by molar-refractivity contribution is -0.131. The average Bonchev–Trinajstić information content (AvgIpc) is 2.13. The van der Waals surface area contributed by atoms with Crippen molar-refractivity contribution in [1.82, 2.24) is 0 Å². The maximum atomic E-state index is 10.4. The number of ether oxygens (including phenoxy) is 1. The van der Waals surface area contributed by atoms with Crippen LogP contribution in [0, 0.1) is 3.57 Å². The summed E-state index contributed by atoms with van der Waals surface area (Å²) in [6.45, 7) is 0. The standard InChI is InChI=1S/C10H8BrIO3/c1-15-10-6(2-3-9(13)14)4-7(11)5-8(10)12/h2-5H,1H3,(H,13,14). The molecule has 0 aromatic heterocycles. The van der Waals surface area contributed by atoms with Crippen molar-refractivity contribution in [3.63, 3.8) is 0 Å². The zero-order valence-electron chi connectivity index (χ0n) is 7.83. The summed E-state index contributed by atoms with van der Waals surface area (Å²) >= 11 is 5.47. The van der Waals surface area contributed by atoms with Gasteiger partial charge in [-0.25, -0.2) is 4.79 Å². The van der Waals surface area contributed by atoms with E-state index in [0.29, 0.717) is 5.75 Å². The number of rotatable bonds is 3. The van der Waals surface area contributed by atoms with Gasteiger partial charge in [-0.15, -0.1) is 0 Å². The van der Waals surface area contributed by atoms with Crippen LogP contribution in [-0.4, -0.2) is 18.2 Å². The second kappa shape index (κ2) is 5.50. The van der Waals surface area contributed by atoms with Gasteiger partial charge in [0.05, 0.1) is 10.7 Å². The lowest BCUT2D eigenvalue weighted by atomic mass is 10.2. The Bertz CT molecular complexity index is 415. The fourth-order valence-electron chi connectivity index (χ4n) is 1.08. The lowest BCUT2D eigenvalue weighted by Crippen LogP contribution is -1.92. The summed E-state index contributed by atoms with van der Waals surface area (Å²) in [7, 11) is 1.56. The van der Waals surface area contributed by atoms with Gasteiger partial charge in [0.25, 0.3) is 0 Å². The Balaban J connectivity index is 3.20. The highest BCUT2D eigenvalue weighted by Gasteiger charge is 2.06. The highest BCUT2D eigenvalue weighted by molar-refractivity contribution is 14.1. The third-order valence-electron chi connectivity index (χ3n) is 1.65. The van der Waals surface area contributed by atoms with Crippen molar-refractivity contribution in [3.8, 4) is 5.75 Å². The molecular weight excluding hydrogens is 375 g/mol.